The zero-order valence-electron chi connectivity index (χ0n) is 23.2. The molecule has 0 unspecified atom stereocenters. The van der Waals surface area contributed by atoms with Crippen molar-refractivity contribution in [3.05, 3.63) is 48.8 Å². The summed E-state index contributed by atoms with van der Waals surface area (Å²) in [6.07, 6.45) is 13.3. The van der Waals surface area contributed by atoms with Crippen LogP contribution in [0.5, 0.6) is 0 Å². The van der Waals surface area contributed by atoms with Crippen molar-refractivity contribution >= 4 is 17.4 Å². The summed E-state index contributed by atoms with van der Waals surface area (Å²) in [6, 6.07) is 4.68. The molecule has 39 heavy (non-hydrogen) atoms. The number of hydrogen-bond donors (Lipinski definition) is 1. The second-order valence-electron chi connectivity index (χ2n) is 10.9. The highest BCUT2D eigenvalue weighted by Gasteiger charge is 2.40. The molecule has 0 aliphatic carbocycles. The lowest BCUT2D eigenvalue weighted by Gasteiger charge is -2.40. The van der Waals surface area contributed by atoms with Gasteiger partial charge in [-0.25, -0.2) is 14.5 Å². The Morgan fingerprint density at radius 2 is 1.74 bits per heavy atom. The highest BCUT2D eigenvalue weighted by molar-refractivity contribution is 5.87. The number of carbonyl (C=O) groups excluding carboxylic acids is 1. The summed E-state index contributed by atoms with van der Waals surface area (Å²) >= 11 is 0. The van der Waals surface area contributed by atoms with Gasteiger partial charge in [0.2, 0.25) is 11.9 Å². The second-order valence-corrected chi connectivity index (χ2v) is 10.9. The van der Waals surface area contributed by atoms with Crippen LogP contribution in [0.3, 0.4) is 0 Å². The largest absolute Gasteiger partial charge is 0.353 e. The van der Waals surface area contributed by atoms with Gasteiger partial charge in [0.25, 0.3) is 0 Å². The molecule has 0 spiro atoms. The molecule has 1 saturated heterocycles. The van der Waals surface area contributed by atoms with Gasteiger partial charge in [-0.3, -0.25) is 9.48 Å². The van der Waals surface area contributed by atoms with Crippen LogP contribution in [0, 0.1) is 16.7 Å². The molecule has 10 nitrogen and oxygen atoms in total. The van der Waals surface area contributed by atoms with Crippen LogP contribution in [0.1, 0.15) is 65.5 Å². The van der Waals surface area contributed by atoms with Crippen molar-refractivity contribution in [2.24, 2.45) is 5.41 Å². The number of anilines is 1. The number of nitrogens with one attached hydrogen (secondary N) is 1. The summed E-state index contributed by atoms with van der Waals surface area (Å²) in [4.78, 5) is 24.5. The van der Waals surface area contributed by atoms with Crippen LogP contribution in [0.4, 0.5) is 5.95 Å². The van der Waals surface area contributed by atoms with Gasteiger partial charge >= 0.3 is 0 Å². The number of pyridine rings is 1. The van der Waals surface area contributed by atoms with Gasteiger partial charge in [0, 0.05) is 72.2 Å². The molecule has 0 bridgehead atoms. The Bertz CT molecular complexity index is 1520. The normalized spacial score (nSPS) is 15.2. The van der Waals surface area contributed by atoms with E-state index in [0.717, 1.165) is 60.1 Å². The molecule has 0 radical (unpaired) electrons. The highest BCUT2D eigenvalue weighted by Crippen LogP contribution is 2.37. The number of nitriles is 1. The van der Waals surface area contributed by atoms with Crippen molar-refractivity contribution in [1.82, 2.24) is 34.7 Å². The van der Waals surface area contributed by atoms with Crippen molar-refractivity contribution in [1.29, 1.82) is 5.26 Å². The van der Waals surface area contributed by atoms with E-state index in [0.29, 0.717) is 11.5 Å². The minimum absolute atomic E-state index is 0.128. The Labute approximate surface area is 228 Å². The molecule has 5 rings (SSSR count). The third-order valence-electron chi connectivity index (χ3n) is 7.73. The summed E-state index contributed by atoms with van der Waals surface area (Å²) in [5.74, 6) is 0.792. The molecule has 1 aliphatic rings. The molecule has 0 aromatic carbocycles. The molecule has 1 N–H and O–H groups in total. The number of piperidine rings is 1. The summed E-state index contributed by atoms with van der Waals surface area (Å²) < 4.78 is 3.65. The van der Waals surface area contributed by atoms with E-state index >= 15 is 0 Å². The lowest BCUT2D eigenvalue weighted by atomic mass is 9.75. The lowest BCUT2D eigenvalue weighted by molar-refractivity contribution is -0.133. The van der Waals surface area contributed by atoms with Crippen LogP contribution in [-0.2, 0) is 4.79 Å². The standard InChI is InChI=1S/C29H35N9O/c1-6-29(27(39)35-19(2)3)7-9-36(10-8-29)28-31-13-23(14-32-28)25-11-21(24-16-33-37(18-24)20(4)5)17-38-26(25)22(12-30)15-34-38/h11,13-20H,6-10H2,1-5H3,(H,35,39). The summed E-state index contributed by atoms with van der Waals surface area (Å²) in [7, 11) is 0. The quantitative estimate of drug-likeness (QED) is 0.374. The summed E-state index contributed by atoms with van der Waals surface area (Å²) in [5.41, 5.74) is 4.40. The molecule has 1 amide bonds. The average molecular weight is 526 g/mol. The highest BCUT2D eigenvalue weighted by atomic mass is 16.2. The maximum Gasteiger partial charge on any atom is 0.226 e. The molecule has 0 saturated carbocycles. The minimum atomic E-state index is -0.341. The van der Waals surface area contributed by atoms with E-state index in [9.17, 15) is 10.1 Å². The number of carbonyl (C=O) groups is 1. The van der Waals surface area contributed by atoms with Gasteiger partial charge in [0.05, 0.1) is 28.9 Å². The Morgan fingerprint density at radius 1 is 1.03 bits per heavy atom. The zero-order chi connectivity index (χ0) is 27.7. The van der Waals surface area contributed by atoms with Crippen LogP contribution in [0.25, 0.3) is 27.8 Å². The maximum absolute atomic E-state index is 12.9. The van der Waals surface area contributed by atoms with Crippen LogP contribution < -0.4 is 10.2 Å². The van der Waals surface area contributed by atoms with Crippen molar-refractivity contribution in [2.75, 3.05) is 18.0 Å². The second kappa shape index (κ2) is 10.5. The molecule has 1 aliphatic heterocycles. The van der Waals surface area contributed by atoms with Gasteiger partial charge < -0.3 is 10.2 Å². The summed E-state index contributed by atoms with van der Waals surface area (Å²) in [6.45, 7) is 11.7. The number of fused-ring (bicyclic) bond motifs is 1. The van der Waals surface area contributed by atoms with Gasteiger partial charge in [-0.05, 0) is 53.0 Å². The first-order chi connectivity index (χ1) is 18.7. The van der Waals surface area contributed by atoms with Gasteiger partial charge in [0.1, 0.15) is 6.07 Å². The molecular formula is C29H35N9O. The average Bonchev–Trinajstić information content (AvgIpc) is 3.60. The summed E-state index contributed by atoms with van der Waals surface area (Å²) in [5, 5.41) is 21.7. The molecule has 10 heteroatoms. The molecule has 202 valence electrons. The Kier molecular flexibility index (Phi) is 7.08. The van der Waals surface area contributed by atoms with E-state index in [1.165, 1.54) is 0 Å². The predicted octanol–water partition coefficient (Wildman–Crippen LogP) is 4.63. The number of hydrogen-bond acceptors (Lipinski definition) is 7. The third kappa shape index (κ3) is 4.97. The van der Waals surface area contributed by atoms with Crippen LogP contribution in [0.15, 0.2) is 43.2 Å². The fourth-order valence-electron chi connectivity index (χ4n) is 5.27. The van der Waals surface area contributed by atoms with Crippen molar-refractivity contribution in [3.63, 3.8) is 0 Å². The van der Waals surface area contributed by atoms with E-state index < -0.39 is 0 Å². The topological polar surface area (TPSA) is 117 Å². The maximum atomic E-state index is 12.9. The van der Waals surface area contributed by atoms with Gasteiger partial charge in [-0.2, -0.15) is 15.5 Å². The van der Waals surface area contributed by atoms with Crippen molar-refractivity contribution in [2.45, 2.75) is 66.0 Å². The molecule has 4 aromatic rings. The Balaban J connectivity index is 1.43. The van der Waals surface area contributed by atoms with Crippen LogP contribution >= 0.6 is 0 Å². The van der Waals surface area contributed by atoms with E-state index in [1.807, 2.05) is 43.2 Å². The molecule has 5 heterocycles. The van der Waals surface area contributed by atoms with Gasteiger partial charge in [-0.15, -0.1) is 0 Å². The number of nitrogens with zero attached hydrogens (tertiary/aromatic N) is 8. The third-order valence-corrected chi connectivity index (χ3v) is 7.73. The zero-order valence-corrected chi connectivity index (χ0v) is 23.2. The van der Waals surface area contributed by atoms with Gasteiger partial charge in [-0.1, -0.05) is 6.92 Å². The van der Waals surface area contributed by atoms with Crippen LogP contribution in [-0.4, -0.2) is 54.4 Å². The van der Waals surface area contributed by atoms with Crippen LogP contribution in [0.2, 0.25) is 0 Å². The lowest BCUT2D eigenvalue weighted by Crippen LogP contribution is -2.50. The monoisotopic (exact) mass is 525 g/mol. The smallest absolute Gasteiger partial charge is 0.226 e. The van der Waals surface area contributed by atoms with Crippen molar-refractivity contribution in [3.8, 4) is 28.3 Å². The predicted molar refractivity (Wildman–Crippen MR) is 150 cm³/mol. The molecule has 1 fully saturated rings. The van der Waals surface area contributed by atoms with E-state index in [1.54, 1.807) is 23.1 Å². The first kappa shape index (κ1) is 26.4. The first-order valence-corrected chi connectivity index (χ1v) is 13.6. The van der Waals surface area contributed by atoms with Gasteiger partial charge in [0.15, 0.2) is 0 Å². The number of rotatable bonds is 7. The van der Waals surface area contributed by atoms with E-state index in [2.05, 4.69) is 47.3 Å². The number of aromatic nitrogens is 6. The minimum Gasteiger partial charge on any atom is -0.353 e. The molecular weight excluding hydrogens is 490 g/mol. The molecule has 0 atom stereocenters. The van der Waals surface area contributed by atoms with Crippen molar-refractivity contribution < 1.29 is 4.79 Å². The number of amides is 1. The van der Waals surface area contributed by atoms with E-state index in [4.69, 9.17) is 9.97 Å². The Hall–Kier alpha value is -4.26. The molecule has 4 aromatic heterocycles. The Morgan fingerprint density at radius 3 is 2.33 bits per heavy atom. The first-order valence-electron chi connectivity index (χ1n) is 13.6. The van der Waals surface area contributed by atoms with E-state index in [-0.39, 0.29) is 23.4 Å². The fourth-order valence-corrected chi connectivity index (χ4v) is 5.27. The SMILES string of the molecule is CCC1(C(=O)NC(C)C)CCN(c2ncc(-c3cc(-c4cnn(C(C)C)c4)cn4ncc(C#N)c34)cn2)CC1. The fraction of sp³-hybridized carbons (Fsp3) is 0.448.